The van der Waals surface area contributed by atoms with E-state index >= 15 is 0 Å². The third-order valence-corrected chi connectivity index (χ3v) is 6.46. The number of anilines is 1. The number of benzene rings is 2. The van der Waals surface area contributed by atoms with Crippen LogP contribution < -0.4 is 16.4 Å². The van der Waals surface area contributed by atoms with Crippen LogP contribution in [0.3, 0.4) is 0 Å². The molecule has 4 N–H and O–H groups in total. The number of aromatic nitrogens is 1. The zero-order valence-electron chi connectivity index (χ0n) is 29.1. The fraction of sp³-hybridized carbons (Fsp3) is 0.425. The molecule has 3 aromatic rings. The van der Waals surface area contributed by atoms with E-state index in [2.05, 4.69) is 112 Å². The summed E-state index contributed by atoms with van der Waals surface area (Å²) in [6.45, 7) is 28.3. The predicted octanol–water partition coefficient (Wildman–Crippen LogP) is 11.2. The van der Waals surface area contributed by atoms with Crippen molar-refractivity contribution in [1.29, 1.82) is 0 Å². The third kappa shape index (κ3) is 16.2. The lowest BCUT2D eigenvalue weighted by Gasteiger charge is -2.21. The average molecular weight is 599 g/mol. The topological polar surface area (TPSA) is 63.0 Å². The molecule has 242 valence electrons. The second-order valence-corrected chi connectivity index (χ2v) is 10.7. The molecular weight excluding hydrogens is 536 g/mol. The number of nitrogens with two attached hydrogens (primary N) is 1. The van der Waals surface area contributed by atoms with Gasteiger partial charge in [-0.1, -0.05) is 141 Å². The van der Waals surface area contributed by atoms with Crippen LogP contribution in [-0.4, -0.2) is 18.1 Å². The van der Waals surface area contributed by atoms with Crippen molar-refractivity contribution in [3.05, 3.63) is 115 Å². The Balaban J connectivity index is 0.000000690. The Hall–Kier alpha value is -3.79. The maximum absolute atomic E-state index is 4.61. The van der Waals surface area contributed by atoms with Gasteiger partial charge >= 0.3 is 0 Å². The van der Waals surface area contributed by atoms with Crippen molar-refractivity contribution in [3.8, 4) is 0 Å². The first kappa shape index (κ1) is 40.2. The summed E-state index contributed by atoms with van der Waals surface area (Å²) in [5, 5.41) is 8.12. The van der Waals surface area contributed by atoms with Gasteiger partial charge in [0.05, 0.1) is 5.52 Å². The number of rotatable bonds is 11. The summed E-state index contributed by atoms with van der Waals surface area (Å²) in [5.41, 5.74) is 14.6. The van der Waals surface area contributed by atoms with Gasteiger partial charge in [-0.05, 0) is 61.2 Å². The number of unbranched alkanes of at least 4 members (excludes halogenated alkanes) is 3. The Kier molecular flexibility index (Phi) is 23.5. The van der Waals surface area contributed by atoms with Crippen molar-refractivity contribution in [1.82, 2.24) is 10.3 Å². The maximum Gasteiger partial charge on any atom is 0.0722 e. The summed E-state index contributed by atoms with van der Waals surface area (Å²) < 4.78 is 0. The molecule has 0 spiro atoms. The van der Waals surface area contributed by atoms with Crippen LogP contribution in [0.25, 0.3) is 16.5 Å². The molecular formula is C40H62N4. The highest BCUT2D eigenvalue weighted by molar-refractivity contribution is 5.90. The van der Waals surface area contributed by atoms with Gasteiger partial charge in [-0.25, -0.2) is 0 Å². The number of para-hydroxylation sites is 1. The summed E-state index contributed by atoms with van der Waals surface area (Å²) in [6.07, 6.45) is 14.6. The van der Waals surface area contributed by atoms with Crippen LogP contribution in [0.2, 0.25) is 0 Å². The summed E-state index contributed by atoms with van der Waals surface area (Å²) in [7, 11) is 0. The Morgan fingerprint density at radius 2 is 1.61 bits per heavy atom. The van der Waals surface area contributed by atoms with Crippen LogP contribution in [0.4, 0.5) is 5.69 Å². The minimum absolute atomic E-state index is 0.888. The molecule has 4 nitrogen and oxygen atoms in total. The first-order valence-corrected chi connectivity index (χ1v) is 16.6. The Morgan fingerprint density at radius 3 is 2.27 bits per heavy atom. The van der Waals surface area contributed by atoms with E-state index in [4.69, 9.17) is 0 Å². The first-order valence-electron chi connectivity index (χ1n) is 16.6. The van der Waals surface area contributed by atoms with Gasteiger partial charge in [0.2, 0.25) is 0 Å². The number of nitrogens with one attached hydrogen (secondary N) is 2. The van der Waals surface area contributed by atoms with Gasteiger partial charge in [-0.2, -0.15) is 0 Å². The van der Waals surface area contributed by atoms with E-state index in [1.807, 2.05) is 38.2 Å². The van der Waals surface area contributed by atoms with Crippen molar-refractivity contribution in [2.45, 2.75) is 99.8 Å². The Morgan fingerprint density at radius 1 is 0.955 bits per heavy atom. The number of pyridine rings is 1. The lowest BCUT2D eigenvalue weighted by atomic mass is 9.86. The van der Waals surface area contributed by atoms with E-state index in [1.54, 1.807) is 0 Å². The molecule has 2 aromatic carbocycles. The third-order valence-electron chi connectivity index (χ3n) is 6.46. The largest absolute Gasteiger partial charge is 0.405 e. The molecule has 0 saturated heterocycles. The van der Waals surface area contributed by atoms with Gasteiger partial charge in [-0.3, -0.25) is 4.98 Å². The molecule has 4 heteroatoms. The van der Waals surface area contributed by atoms with Gasteiger partial charge in [-0.15, -0.1) is 0 Å². The van der Waals surface area contributed by atoms with Crippen LogP contribution in [0.1, 0.15) is 103 Å². The number of nitrogens with zero attached hydrogens (tertiary/aromatic N) is 1. The van der Waals surface area contributed by atoms with Crippen LogP contribution in [0.5, 0.6) is 0 Å². The van der Waals surface area contributed by atoms with Crippen LogP contribution in [-0.2, 0) is 6.42 Å². The minimum Gasteiger partial charge on any atom is -0.405 e. The molecule has 0 radical (unpaired) electrons. The van der Waals surface area contributed by atoms with E-state index in [0.29, 0.717) is 0 Å². The monoisotopic (exact) mass is 598 g/mol. The zero-order valence-corrected chi connectivity index (χ0v) is 29.1. The normalized spacial score (nSPS) is 10.9. The second kappa shape index (κ2) is 25.7. The van der Waals surface area contributed by atoms with Gasteiger partial charge < -0.3 is 16.4 Å². The van der Waals surface area contributed by atoms with Crippen molar-refractivity contribution < 1.29 is 0 Å². The highest BCUT2D eigenvalue weighted by Gasteiger charge is 2.15. The molecule has 0 unspecified atom stereocenters. The van der Waals surface area contributed by atoms with Crippen LogP contribution >= 0.6 is 0 Å². The number of allylic oxidation sites excluding steroid dienone is 3. The molecule has 0 atom stereocenters. The number of aryl methyl sites for hydroxylation is 1. The van der Waals surface area contributed by atoms with Crippen molar-refractivity contribution in [3.63, 3.8) is 0 Å². The zero-order chi connectivity index (χ0) is 33.2. The quantitative estimate of drug-likeness (QED) is 0.192. The van der Waals surface area contributed by atoms with E-state index in [0.717, 1.165) is 37.1 Å². The highest BCUT2D eigenvalue weighted by atomic mass is 14.9. The average Bonchev–Trinajstić information content (AvgIpc) is 3.01. The molecule has 1 aliphatic carbocycles. The fourth-order valence-corrected chi connectivity index (χ4v) is 4.53. The van der Waals surface area contributed by atoms with Crippen molar-refractivity contribution in [2.24, 2.45) is 5.73 Å². The van der Waals surface area contributed by atoms with Gasteiger partial charge in [0.25, 0.3) is 0 Å². The Labute approximate surface area is 270 Å². The fourth-order valence-electron chi connectivity index (χ4n) is 4.53. The van der Waals surface area contributed by atoms with Gasteiger partial charge in [0.15, 0.2) is 0 Å². The van der Waals surface area contributed by atoms with Crippen molar-refractivity contribution >= 4 is 22.2 Å². The molecule has 1 aliphatic rings. The standard InChI is InChI=1S/C19H25N.C14H18N2.C3H8.C2H5N.C2H6/c1-5-6-9-20-16(4)13-18-12-15(3)11-17-10-14(2)7-8-19(17)18;1-2-3-6-10-15-14-9-11-16-13-8-5-4-7-12(13)14;1-3-2;1-2-3;1-2/h7-8,10,12,20H,3-6,9,11,13H2,1-2H3;4-5,7-9,11H,2-3,6,10H2,1H3,(H,15,16);3H2,1-2H3;2H,1,3H2;1-2H3. The lowest BCUT2D eigenvalue weighted by molar-refractivity contribution is 0.704. The molecule has 44 heavy (non-hydrogen) atoms. The van der Waals surface area contributed by atoms with E-state index < -0.39 is 0 Å². The lowest BCUT2D eigenvalue weighted by Crippen LogP contribution is -2.15. The molecule has 0 saturated carbocycles. The molecule has 0 fully saturated rings. The molecule has 1 aromatic heterocycles. The number of hydrogen-bond acceptors (Lipinski definition) is 4. The van der Waals surface area contributed by atoms with E-state index in [9.17, 15) is 0 Å². The Bertz CT molecular complexity index is 1250. The van der Waals surface area contributed by atoms with Crippen LogP contribution in [0, 0.1) is 6.92 Å². The van der Waals surface area contributed by atoms with Crippen LogP contribution in [0.15, 0.2) is 98.0 Å². The second-order valence-electron chi connectivity index (χ2n) is 10.7. The summed E-state index contributed by atoms with van der Waals surface area (Å²) in [6, 6.07) is 17.0. The summed E-state index contributed by atoms with van der Waals surface area (Å²) in [5.74, 6) is 0. The maximum atomic E-state index is 4.61. The molecule has 0 amide bonds. The van der Waals surface area contributed by atoms with E-state index in [1.165, 1.54) is 83.6 Å². The molecule has 0 bridgehead atoms. The van der Waals surface area contributed by atoms with Gasteiger partial charge in [0.1, 0.15) is 0 Å². The SMILES string of the molecule is C=C1C=C(CC(=C)NCCCC)c2ccc(C)cc2C1.C=CN.CC.CCC.CCCCCNc1ccnc2ccccc12. The van der Waals surface area contributed by atoms with E-state index in [-0.39, 0.29) is 0 Å². The van der Waals surface area contributed by atoms with Crippen molar-refractivity contribution in [2.75, 3.05) is 18.4 Å². The number of fused-ring (bicyclic) bond motifs is 2. The molecule has 4 rings (SSSR count). The smallest absolute Gasteiger partial charge is 0.0722 e. The predicted molar refractivity (Wildman–Crippen MR) is 200 cm³/mol. The minimum atomic E-state index is 0.888. The summed E-state index contributed by atoms with van der Waals surface area (Å²) in [4.78, 5) is 4.35. The summed E-state index contributed by atoms with van der Waals surface area (Å²) >= 11 is 0. The highest BCUT2D eigenvalue weighted by Crippen LogP contribution is 2.32. The first-order chi connectivity index (χ1) is 21.3. The van der Waals surface area contributed by atoms with Gasteiger partial charge in [0, 0.05) is 42.5 Å². The molecule has 1 heterocycles. The number of hydrogen-bond donors (Lipinski definition) is 3. The molecule has 0 aliphatic heterocycles.